The number of benzene rings is 1. The third-order valence-electron chi connectivity index (χ3n) is 4.51. The van der Waals surface area contributed by atoms with Crippen molar-refractivity contribution in [2.75, 3.05) is 55.7 Å². The summed E-state index contributed by atoms with van der Waals surface area (Å²) in [5.74, 6) is 1.22. The summed E-state index contributed by atoms with van der Waals surface area (Å²) >= 11 is 1.96. The number of hydrogen-bond acceptors (Lipinski definition) is 4. The van der Waals surface area contributed by atoms with Gasteiger partial charge in [-0.15, -0.1) is 0 Å². The van der Waals surface area contributed by atoms with E-state index in [1.807, 2.05) is 30.0 Å². The van der Waals surface area contributed by atoms with Gasteiger partial charge in [0, 0.05) is 38.0 Å². The number of thioether (sulfide) groups is 1. The lowest BCUT2D eigenvalue weighted by atomic mass is 10.2. The van der Waals surface area contributed by atoms with Crippen molar-refractivity contribution >= 4 is 29.2 Å². The zero-order valence-electron chi connectivity index (χ0n) is 13.8. The Kier molecular flexibility index (Phi) is 5.67. The number of carbonyl (C=O) groups is 1. The molecular weight excluding hydrogens is 308 g/mol. The summed E-state index contributed by atoms with van der Waals surface area (Å²) in [4.78, 5) is 16.9. The van der Waals surface area contributed by atoms with Crippen LogP contribution in [0.5, 0.6) is 0 Å². The standard InChI is InChI=1S/C17H26N4OS/c1-20-8-10-21(11-9-20)16-7-3-2-6-15(16)19-17(22)18-13-14-5-4-12-23-14/h2-3,6-7,14H,4-5,8-13H2,1H3,(H2,18,19,22). The normalized spacial score (nSPS) is 22.1. The molecular formula is C17H26N4OS. The van der Waals surface area contributed by atoms with Crippen molar-refractivity contribution in [3.8, 4) is 0 Å². The summed E-state index contributed by atoms with van der Waals surface area (Å²) in [6, 6.07) is 7.98. The molecule has 2 aliphatic heterocycles. The summed E-state index contributed by atoms with van der Waals surface area (Å²) in [6.07, 6.45) is 2.48. The molecule has 1 aromatic carbocycles. The molecule has 2 N–H and O–H groups in total. The van der Waals surface area contributed by atoms with Crippen LogP contribution in [0, 0.1) is 0 Å². The molecule has 2 amide bonds. The second kappa shape index (κ2) is 7.93. The number of hydrogen-bond donors (Lipinski definition) is 2. The predicted octanol–water partition coefficient (Wildman–Crippen LogP) is 2.46. The molecule has 1 atom stereocenters. The summed E-state index contributed by atoms with van der Waals surface area (Å²) in [5.41, 5.74) is 2.01. The van der Waals surface area contributed by atoms with Crippen LogP contribution in [0.3, 0.4) is 0 Å². The van der Waals surface area contributed by atoms with E-state index >= 15 is 0 Å². The third-order valence-corrected chi connectivity index (χ3v) is 5.91. The van der Waals surface area contributed by atoms with Crippen molar-refractivity contribution in [3.63, 3.8) is 0 Å². The molecule has 0 aliphatic carbocycles. The number of nitrogens with one attached hydrogen (secondary N) is 2. The molecule has 0 radical (unpaired) electrons. The van der Waals surface area contributed by atoms with Gasteiger partial charge in [-0.05, 0) is 37.8 Å². The first-order valence-electron chi connectivity index (χ1n) is 8.41. The van der Waals surface area contributed by atoms with Gasteiger partial charge in [0.25, 0.3) is 0 Å². The van der Waals surface area contributed by atoms with Crippen molar-refractivity contribution in [3.05, 3.63) is 24.3 Å². The van der Waals surface area contributed by atoms with Crippen LogP contribution >= 0.6 is 11.8 Å². The van der Waals surface area contributed by atoms with Gasteiger partial charge in [-0.25, -0.2) is 4.79 Å². The van der Waals surface area contributed by atoms with Gasteiger partial charge in [-0.2, -0.15) is 11.8 Å². The lowest BCUT2D eigenvalue weighted by molar-refractivity contribution is 0.252. The number of urea groups is 1. The Hall–Kier alpha value is -1.40. The Morgan fingerprint density at radius 2 is 2.04 bits per heavy atom. The van der Waals surface area contributed by atoms with Crippen LogP contribution in [-0.2, 0) is 0 Å². The minimum Gasteiger partial charge on any atom is -0.367 e. The largest absolute Gasteiger partial charge is 0.367 e. The van der Waals surface area contributed by atoms with E-state index in [1.54, 1.807) is 0 Å². The minimum atomic E-state index is -0.0981. The maximum atomic E-state index is 12.2. The number of piperazine rings is 1. The highest BCUT2D eigenvalue weighted by molar-refractivity contribution is 8.00. The van der Waals surface area contributed by atoms with Crippen LogP contribution in [0.2, 0.25) is 0 Å². The van der Waals surface area contributed by atoms with Crippen molar-refractivity contribution in [2.24, 2.45) is 0 Å². The topological polar surface area (TPSA) is 47.6 Å². The monoisotopic (exact) mass is 334 g/mol. The minimum absolute atomic E-state index is 0.0981. The van der Waals surface area contributed by atoms with Crippen molar-refractivity contribution < 1.29 is 4.79 Å². The van der Waals surface area contributed by atoms with Gasteiger partial charge in [0.05, 0.1) is 11.4 Å². The van der Waals surface area contributed by atoms with E-state index in [1.165, 1.54) is 18.6 Å². The molecule has 23 heavy (non-hydrogen) atoms. The summed E-state index contributed by atoms with van der Waals surface area (Å²) < 4.78 is 0. The van der Waals surface area contributed by atoms with Crippen molar-refractivity contribution in [2.45, 2.75) is 18.1 Å². The Labute approximate surface area is 142 Å². The van der Waals surface area contributed by atoms with Crippen LogP contribution in [0.15, 0.2) is 24.3 Å². The fourth-order valence-corrected chi connectivity index (χ4v) is 4.28. The fourth-order valence-electron chi connectivity index (χ4n) is 3.08. The first-order valence-corrected chi connectivity index (χ1v) is 9.46. The zero-order valence-corrected chi connectivity index (χ0v) is 14.6. The molecule has 0 spiro atoms. The molecule has 3 rings (SSSR count). The SMILES string of the molecule is CN1CCN(c2ccccc2NC(=O)NCC2CCCS2)CC1. The number of anilines is 2. The lowest BCUT2D eigenvalue weighted by Crippen LogP contribution is -2.45. The van der Waals surface area contributed by atoms with Gasteiger partial charge in [0.2, 0.25) is 0 Å². The van der Waals surface area contributed by atoms with E-state index < -0.39 is 0 Å². The Balaban J connectivity index is 1.57. The maximum Gasteiger partial charge on any atom is 0.319 e. The number of likely N-dealkylation sites (N-methyl/N-ethyl adjacent to an activating group) is 1. The van der Waals surface area contributed by atoms with E-state index in [-0.39, 0.29) is 6.03 Å². The number of rotatable bonds is 4. The highest BCUT2D eigenvalue weighted by atomic mass is 32.2. The molecule has 5 nitrogen and oxygen atoms in total. The second-order valence-corrected chi connectivity index (χ2v) is 7.69. The van der Waals surface area contributed by atoms with Gasteiger partial charge in [-0.1, -0.05) is 12.1 Å². The van der Waals surface area contributed by atoms with E-state index in [0.29, 0.717) is 5.25 Å². The molecule has 2 saturated heterocycles. The zero-order chi connectivity index (χ0) is 16.1. The highest BCUT2D eigenvalue weighted by Gasteiger charge is 2.19. The molecule has 0 aromatic heterocycles. The number of carbonyl (C=O) groups excluding carboxylic acids is 1. The summed E-state index contributed by atoms with van der Waals surface area (Å²) in [7, 11) is 2.15. The second-order valence-electron chi connectivity index (χ2n) is 6.28. The smallest absolute Gasteiger partial charge is 0.319 e. The molecule has 2 heterocycles. The first-order chi connectivity index (χ1) is 11.2. The predicted molar refractivity (Wildman–Crippen MR) is 98.7 cm³/mol. The van der Waals surface area contributed by atoms with Crippen molar-refractivity contribution in [1.29, 1.82) is 0 Å². The highest BCUT2D eigenvalue weighted by Crippen LogP contribution is 2.27. The van der Waals surface area contributed by atoms with Gasteiger partial charge >= 0.3 is 6.03 Å². The van der Waals surface area contributed by atoms with Gasteiger partial charge in [0.1, 0.15) is 0 Å². The van der Waals surface area contributed by atoms with Crippen LogP contribution in [0.4, 0.5) is 16.2 Å². The fraction of sp³-hybridized carbons (Fsp3) is 0.588. The van der Waals surface area contributed by atoms with E-state index in [4.69, 9.17) is 0 Å². The first kappa shape index (κ1) is 16.5. The van der Waals surface area contributed by atoms with E-state index in [2.05, 4.69) is 33.5 Å². The maximum absolute atomic E-state index is 12.2. The molecule has 0 saturated carbocycles. The van der Waals surface area contributed by atoms with Crippen LogP contribution in [-0.4, -0.2) is 61.7 Å². The summed E-state index contributed by atoms with van der Waals surface area (Å²) in [6.45, 7) is 4.86. The molecule has 126 valence electrons. The summed E-state index contributed by atoms with van der Waals surface area (Å²) in [5, 5.41) is 6.62. The lowest BCUT2D eigenvalue weighted by Gasteiger charge is -2.35. The number of nitrogens with zero attached hydrogens (tertiary/aromatic N) is 2. The van der Waals surface area contributed by atoms with Gasteiger partial charge in [0.15, 0.2) is 0 Å². The molecule has 0 bridgehead atoms. The van der Waals surface area contributed by atoms with Crippen LogP contribution < -0.4 is 15.5 Å². The van der Waals surface area contributed by atoms with Gasteiger partial charge < -0.3 is 20.4 Å². The van der Waals surface area contributed by atoms with E-state index in [9.17, 15) is 4.79 Å². The molecule has 2 aliphatic rings. The van der Waals surface area contributed by atoms with Gasteiger partial charge in [-0.3, -0.25) is 0 Å². The number of para-hydroxylation sites is 2. The molecule has 6 heteroatoms. The Bertz CT molecular complexity index is 525. The van der Waals surface area contributed by atoms with E-state index in [0.717, 1.165) is 44.1 Å². The third kappa shape index (κ3) is 4.54. The quantitative estimate of drug-likeness (QED) is 0.888. The Morgan fingerprint density at radius 1 is 1.26 bits per heavy atom. The molecule has 1 aromatic rings. The molecule has 1 unspecified atom stereocenters. The average molecular weight is 334 g/mol. The Morgan fingerprint density at radius 3 is 2.78 bits per heavy atom. The molecule has 2 fully saturated rings. The van der Waals surface area contributed by atoms with Crippen molar-refractivity contribution in [1.82, 2.24) is 10.2 Å². The number of amides is 2. The van der Waals surface area contributed by atoms with Crippen LogP contribution in [0.25, 0.3) is 0 Å². The van der Waals surface area contributed by atoms with Crippen LogP contribution in [0.1, 0.15) is 12.8 Å². The average Bonchev–Trinajstić information content (AvgIpc) is 3.08.